The first-order valence-electron chi connectivity index (χ1n) is 39.1. The molecule has 35 nitrogen and oxygen atoms in total. The Bertz CT molecular complexity index is 2330. The van der Waals surface area contributed by atoms with E-state index < -0.39 is 11.9 Å². The lowest BCUT2D eigenvalue weighted by Crippen LogP contribution is -2.17. The fourth-order valence-electron chi connectivity index (χ4n) is 8.07. The second kappa shape index (κ2) is 105. The molecule has 0 saturated heterocycles. The SMILES string of the molecule is CCC(=O)CCCCCCCC(=O)COC.CCC(=O)CCOC(=O)COC.CCCCOCCOC(=O)COC.CNC(=O)CCCCCOC(=O)COC.COCC(=O)CCCCC(=O)OC.COCC(=O)CCCCCCCCC(=O)OC.COCC(=O)OCCCCC(=O)OC.COCC(=O)OCCOCCC(=O)OC. The third kappa shape index (κ3) is 120. The van der Waals surface area contributed by atoms with Crippen molar-refractivity contribution in [3.8, 4) is 0 Å². The number of hydrogen-bond donors (Lipinski definition) is 1. The third-order valence-corrected chi connectivity index (χ3v) is 14.4. The van der Waals surface area contributed by atoms with Crippen LogP contribution < -0.4 is 5.32 Å². The molecular formula is C80H147NO34. The summed E-state index contributed by atoms with van der Waals surface area (Å²) in [7, 11) is 18.8. The Labute approximate surface area is 684 Å². The molecule has 0 saturated carbocycles. The summed E-state index contributed by atoms with van der Waals surface area (Å²) in [6.45, 7) is 9.34. The van der Waals surface area contributed by atoms with Gasteiger partial charge in [-0.25, -0.2) is 24.0 Å². The minimum Gasteiger partial charge on any atom is -0.469 e. The topological polar surface area (TPSA) is 443 Å². The van der Waals surface area contributed by atoms with Crippen molar-refractivity contribution in [2.24, 2.45) is 0 Å². The number of unbranched alkanes of at least 4 members (excludes halogenated alkanes) is 14. The fourth-order valence-corrected chi connectivity index (χ4v) is 8.07. The summed E-state index contributed by atoms with van der Waals surface area (Å²) < 4.78 is 88.9. The van der Waals surface area contributed by atoms with Gasteiger partial charge in [-0.2, -0.15) is 0 Å². The Morgan fingerprint density at radius 2 is 0.461 bits per heavy atom. The quantitative estimate of drug-likeness (QED) is 0.0338. The number of ketones is 5. The van der Waals surface area contributed by atoms with Gasteiger partial charge in [0.1, 0.15) is 77.6 Å². The monoisotopic (exact) mass is 1670 g/mol. The van der Waals surface area contributed by atoms with E-state index >= 15 is 0 Å². The maximum atomic E-state index is 11.1. The second-order valence-corrected chi connectivity index (χ2v) is 24.4. The molecule has 0 aromatic heterocycles. The largest absolute Gasteiger partial charge is 0.469 e. The van der Waals surface area contributed by atoms with Crippen molar-refractivity contribution in [1.82, 2.24) is 5.32 Å². The summed E-state index contributed by atoms with van der Waals surface area (Å²) in [5.41, 5.74) is 0. The molecule has 0 unspecified atom stereocenters. The van der Waals surface area contributed by atoms with Crippen LogP contribution in [-0.4, -0.2) is 293 Å². The molecule has 0 spiro atoms. The van der Waals surface area contributed by atoms with Gasteiger partial charge in [-0.15, -0.1) is 0 Å². The molecule has 1 amide bonds. The van der Waals surface area contributed by atoms with Crippen LogP contribution in [0.1, 0.15) is 226 Å². The van der Waals surface area contributed by atoms with E-state index in [9.17, 15) is 71.9 Å². The van der Waals surface area contributed by atoms with Crippen LogP contribution in [0.25, 0.3) is 0 Å². The zero-order valence-corrected chi connectivity index (χ0v) is 72.5. The lowest BCUT2D eigenvalue weighted by Gasteiger charge is -2.04. The molecule has 0 radical (unpaired) electrons. The number of hydrogen-bond acceptors (Lipinski definition) is 34. The predicted molar refractivity (Wildman–Crippen MR) is 423 cm³/mol. The van der Waals surface area contributed by atoms with Crippen LogP contribution in [0, 0.1) is 0 Å². The van der Waals surface area contributed by atoms with E-state index in [1.807, 2.05) is 6.92 Å². The van der Waals surface area contributed by atoms with E-state index in [1.165, 1.54) is 71.1 Å². The molecule has 35 heteroatoms. The zero-order valence-electron chi connectivity index (χ0n) is 72.5. The van der Waals surface area contributed by atoms with E-state index in [-0.39, 0.29) is 157 Å². The van der Waals surface area contributed by atoms with Crippen LogP contribution in [-0.2, 0) is 162 Å². The molecule has 0 aromatic carbocycles. The molecule has 0 bridgehead atoms. The highest BCUT2D eigenvalue weighted by atomic mass is 16.6. The average molecular weight is 1670 g/mol. The first-order valence-corrected chi connectivity index (χ1v) is 39.1. The standard InChI is InChI=1S/C13H24O4.C13H24O3.C10H19NO4.C9H16O6.C9H16O5.C9H16O4.C9H18O4.C8H14O4/c1-16-11-12(14)9-7-5-3-4-6-8-10-13(15)17-2;1-3-12(14)9-7-5-4-6-8-10-13(15)11-16-2;1-11-9(12)6-4-3-5-7-15-10(13)8-14-2;1-12-7-9(11)15-6-5-14-4-3-8(10)13-2;1-12-7-9(11)14-6-4-3-5-8(10)13-2;1-12-7-8(10)5-3-4-6-9(11)13-2;1-3-4-5-12-6-7-13-9(10)8-11-2;1-3-7(9)4-5-12-8(10)6-11-2/h3-11H2,1-2H3;3-11H2,1-2H3;3-8H2,1-2H3,(H,11,12);3-7H2,1-2H3;3-7H2,1-2H3;3-7H2,1-2H3;3-8H2,1-2H3;3-6H2,1-2H3. The highest BCUT2D eigenvalue weighted by molar-refractivity contribution is 5.81. The second-order valence-electron chi connectivity index (χ2n) is 24.4. The third-order valence-electron chi connectivity index (χ3n) is 14.4. The van der Waals surface area contributed by atoms with Gasteiger partial charge in [-0.05, 0) is 77.0 Å². The van der Waals surface area contributed by atoms with Crippen molar-refractivity contribution in [2.75, 3.05) is 205 Å². The van der Waals surface area contributed by atoms with E-state index in [4.69, 9.17) is 37.9 Å². The number of esters is 9. The summed E-state index contributed by atoms with van der Waals surface area (Å²) in [5, 5.41) is 2.55. The van der Waals surface area contributed by atoms with Gasteiger partial charge in [0.05, 0.1) is 74.5 Å². The van der Waals surface area contributed by atoms with Gasteiger partial charge in [0, 0.05) is 141 Å². The van der Waals surface area contributed by atoms with Gasteiger partial charge < -0.3 is 95.3 Å². The van der Waals surface area contributed by atoms with Crippen molar-refractivity contribution < 1.29 is 162 Å². The van der Waals surface area contributed by atoms with Crippen molar-refractivity contribution in [2.45, 2.75) is 226 Å². The number of nitrogens with one attached hydrogen (secondary N) is 1. The van der Waals surface area contributed by atoms with Gasteiger partial charge in [-0.3, -0.25) is 47.9 Å². The number of amides is 1. The normalized spacial score (nSPS) is 9.88. The Morgan fingerprint density at radius 3 is 0.791 bits per heavy atom. The summed E-state index contributed by atoms with van der Waals surface area (Å²) in [6.07, 6.45) is 24.7. The molecule has 0 aliphatic carbocycles. The van der Waals surface area contributed by atoms with Gasteiger partial charge in [0.25, 0.3) is 0 Å². The summed E-state index contributed by atoms with van der Waals surface area (Å²) >= 11 is 0. The molecule has 0 aliphatic rings. The van der Waals surface area contributed by atoms with Gasteiger partial charge >= 0.3 is 53.7 Å². The van der Waals surface area contributed by atoms with Crippen molar-refractivity contribution in [3.63, 3.8) is 0 Å². The zero-order chi connectivity index (χ0) is 88.5. The Morgan fingerprint density at radius 1 is 0.209 bits per heavy atom. The van der Waals surface area contributed by atoms with Crippen LogP contribution in [0.5, 0.6) is 0 Å². The molecule has 676 valence electrons. The Kier molecular flexibility index (Phi) is 112. The average Bonchev–Trinajstić information content (AvgIpc) is 1.53. The van der Waals surface area contributed by atoms with E-state index in [2.05, 4.69) is 64.3 Å². The summed E-state index contributed by atoms with van der Waals surface area (Å²) in [4.78, 5) is 162. The summed E-state index contributed by atoms with van der Waals surface area (Å²) in [5.74, 6) is -1.92. The van der Waals surface area contributed by atoms with E-state index in [0.29, 0.717) is 116 Å². The van der Waals surface area contributed by atoms with Crippen LogP contribution in [0.4, 0.5) is 0 Å². The van der Waals surface area contributed by atoms with Gasteiger partial charge in [0.15, 0.2) is 17.3 Å². The fraction of sp³-hybridized carbons (Fsp3) is 0.812. The molecule has 1 N–H and O–H groups in total. The van der Waals surface area contributed by atoms with Gasteiger partial charge in [0.2, 0.25) is 5.91 Å². The molecule has 0 heterocycles. The molecule has 115 heavy (non-hydrogen) atoms. The number of methoxy groups -OCH3 is 12. The van der Waals surface area contributed by atoms with E-state index in [0.717, 1.165) is 122 Å². The number of Topliss-reactive ketones (excluding diaryl/α,β-unsaturated/α-hetero) is 5. The van der Waals surface area contributed by atoms with Crippen LogP contribution in [0.3, 0.4) is 0 Å². The molecule has 0 rings (SSSR count). The number of rotatable bonds is 66. The predicted octanol–water partition coefficient (Wildman–Crippen LogP) is 8.64. The van der Waals surface area contributed by atoms with Crippen LogP contribution >= 0.6 is 0 Å². The minimum absolute atomic E-state index is 0.00175. The first kappa shape index (κ1) is 123. The Hall–Kier alpha value is -7.35. The smallest absolute Gasteiger partial charge is 0.332 e. The summed E-state index contributed by atoms with van der Waals surface area (Å²) in [6, 6.07) is 0. The molecule has 0 atom stereocenters. The maximum absolute atomic E-state index is 11.1. The number of carbonyl (C=O) groups is 15. The molecule has 0 aromatic rings. The van der Waals surface area contributed by atoms with Gasteiger partial charge in [-0.1, -0.05) is 72.1 Å². The molecule has 0 fully saturated rings. The van der Waals surface area contributed by atoms with Crippen molar-refractivity contribution in [1.29, 1.82) is 0 Å². The minimum atomic E-state index is -0.436. The highest BCUT2D eigenvalue weighted by Gasteiger charge is 2.10. The van der Waals surface area contributed by atoms with Crippen LogP contribution in [0.2, 0.25) is 0 Å². The highest BCUT2D eigenvalue weighted by Crippen LogP contribution is 2.11. The van der Waals surface area contributed by atoms with Crippen molar-refractivity contribution >= 4 is 88.5 Å². The lowest BCUT2D eigenvalue weighted by atomic mass is 10.1. The van der Waals surface area contributed by atoms with E-state index in [1.54, 1.807) is 28.2 Å². The van der Waals surface area contributed by atoms with Crippen LogP contribution in [0.15, 0.2) is 0 Å². The molecular weight excluding hydrogens is 1520 g/mol. The van der Waals surface area contributed by atoms with Crippen molar-refractivity contribution in [3.05, 3.63) is 0 Å². The number of ether oxygens (including phenoxy) is 19. The number of carbonyl (C=O) groups excluding carboxylic acids is 15. The lowest BCUT2D eigenvalue weighted by molar-refractivity contribution is -0.150. The molecule has 0 aliphatic heterocycles. The first-order chi connectivity index (χ1) is 55.2. The Balaban J connectivity index is -0.000000190. The maximum Gasteiger partial charge on any atom is 0.332 e.